The molecule has 6 heteroatoms. The number of hydrogen-bond acceptors (Lipinski definition) is 4. The molecule has 1 aromatic rings. The van der Waals surface area contributed by atoms with Crippen LogP contribution in [0.25, 0.3) is 0 Å². The minimum Gasteiger partial charge on any atom is -0.384 e. The van der Waals surface area contributed by atoms with E-state index in [0.717, 1.165) is 36.0 Å². The van der Waals surface area contributed by atoms with Crippen molar-refractivity contribution < 1.29 is 9.53 Å². The van der Waals surface area contributed by atoms with Gasteiger partial charge in [-0.15, -0.1) is 0 Å². The Balaban J connectivity index is 2.15. The van der Waals surface area contributed by atoms with Crippen LogP contribution in [0.4, 0.5) is 5.82 Å². The van der Waals surface area contributed by atoms with Gasteiger partial charge in [0.15, 0.2) is 0 Å². The summed E-state index contributed by atoms with van der Waals surface area (Å²) >= 11 is 3.37. The Morgan fingerprint density at radius 1 is 1.55 bits per heavy atom. The molecule has 1 amide bonds. The Labute approximate surface area is 127 Å². The number of nitrogens with one attached hydrogen (secondary N) is 2. The van der Waals surface area contributed by atoms with Gasteiger partial charge in [-0.1, -0.05) is 0 Å². The lowest BCUT2D eigenvalue weighted by molar-refractivity contribution is -0.130. The Bertz CT molecular complexity index is 482. The molecule has 0 spiro atoms. The molecule has 5 nitrogen and oxygen atoms in total. The smallest absolute Gasteiger partial charge is 0.234 e. The van der Waals surface area contributed by atoms with Crippen molar-refractivity contribution in [2.75, 3.05) is 32.1 Å². The standard InChI is InChI=1S/C14H20BrN3O2/c1-10-7-11(15)8-17-12(10)18-13(19)14(9-20-2)3-5-16-6-4-14/h7-8,16H,3-6,9H2,1-2H3,(H,17,18,19). The average Bonchev–Trinajstić information content (AvgIpc) is 2.43. The summed E-state index contributed by atoms with van der Waals surface area (Å²) < 4.78 is 6.18. The molecule has 0 unspecified atom stereocenters. The molecule has 2 N–H and O–H groups in total. The van der Waals surface area contributed by atoms with E-state index in [9.17, 15) is 4.79 Å². The van der Waals surface area contributed by atoms with E-state index in [1.165, 1.54) is 0 Å². The Morgan fingerprint density at radius 2 is 2.25 bits per heavy atom. The van der Waals surface area contributed by atoms with E-state index in [1.54, 1.807) is 13.3 Å². The lowest BCUT2D eigenvalue weighted by Gasteiger charge is -2.35. The zero-order valence-electron chi connectivity index (χ0n) is 11.8. The zero-order valence-corrected chi connectivity index (χ0v) is 13.4. The number of carbonyl (C=O) groups is 1. The average molecular weight is 342 g/mol. The molecule has 0 aliphatic carbocycles. The molecule has 0 bridgehead atoms. The minimum absolute atomic E-state index is 0.00114. The molecule has 0 aromatic carbocycles. The predicted molar refractivity (Wildman–Crippen MR) is 81.7 cm³/mol. The molecule has 110 valence electrons. The van der Waals surface area contributed by atoms with Crippen LogP contribution in [0.1, 0.15) is 18.4 Å². The first kappa shape index (κ1) is 15.4. The Morgan fingerprint density at radius 3 is 2.85 bits per heavy atom. The third-order valence-electron chi connectivity index (χ3n) is 3.74. The van der Waals surface area contributed by atoms with Crippen LogP contribution >= 0.6 is 15.9 Å². The fourth-order valence-electron chi connectivity index (χ4n) is 2.53. The van der Waals surface area contributed by atoms with Crippen molar-refractivity contribution in [3.63, 3.8) is 0 Å². The van der Waals surface area contributed by atoms with E-state index in [0.29, 0.717) is 12.4 Å². The molecular formula is C14H20BrN3O2. The number of carbonyl (C=O) groups excluding carboxylic acids is 1. The van der Waals surface area contributed by atoms with Crippen LogP contribution in [0, 0.1) is 12.3 Å². The van der Waals surface area contributed by atoms with Gasteiger partial charge in [-0.2, -0.15) is 0 Å². The highest BCUT2D eigenvalue weighted by Crippen LogP contribution is 2.31. The first-order chi connectivity index (χ1) is 9.57. The van der Waals surface area contributed by atoms with Crippen molar-refractivity contribution >= 4 is 27.7 Å². The normalized spacial score (nSPS) is 17.8. The molecule has 0 radical (unpaired) electrons. The molecule has 1 aliphatic heterocycles. The molecule has 1 saturated heterocycles. The highest BCUT2D eigenvalue weighted by atomic mass is 79.9. The number of methoxy groups -OCH3 is 1. The quantitative estimate of drug-likeness (QED) is 0.880. The van der Waals surface area contributed by atoms with Crippen molar-refractivity contribution in [3.8, 4) is 0 Å². The number of rotatable bonds is 4. The molecule has 0 atom stereocenters. The van der Waals surface area contributed by atoms with Crippen LogP contribution in [0.5, 0.6) is 0 Å². The second-order valence-corrected chi connectivity index (χ2v) is 6.15. The number of halogens is 1. The lowest BCUT2D eigenvalue weighted by atomic mass is 9.78. The zero-order chi connectivity index (χ0) is 14.6. The maximum absolute atomic E-state index is 12.6. The van der Waals surface area contributed by atoms with E-state index in [1.807, 2.05) is 13.0 Å². The summed E-state index contributed by atoms with van der Waals surface area (Å²) in [6, 6.07) is 1.94. The van der Waals surface area contributed by atoms with Crippen LogP contribution in [0.3, 0.4) is 0 Å². The fourth-order valence-corrected chi connectivity index (χ4v) is 2.98. The predicted octanol–water partition coefficient (Wildman–Crippen LogP) is 2.11. The third-order valence-corrected chi connectivity index (χ3v) is 4.17. The summed E-state index contributed by atoms with van der Waals surface area (Å²) in [4.78, 5) is 16.9. The maximum Gasteiger partial charge on any atom is 0.234 e. The van der Waals surface area contributed by atoms with Gasteiger partial charge in [0, 0.05) is 17.8 Å². The third kappa shape index (κ3) is 3.37. The van der Waals surface area contributed by atoms with E-state index >= 15 is 0 Å². The minimum atomic E-state index is -0.457. The van der Waals surface area contributed by atoms with Crippen LogP contribution in [0.2, 0.25) is 0 Å². The summed E-state index contributed by atoms with van der Waals surface area (Å²) in [5, 5.41) is 6.23. The fraction of sp³-hybridized carbons (Fsp3) is 0.571. The highest BCUT2D eigenvalue weighted by Gasteiger charge is 2.39. The Hall–Kier alpha value is -0.980. The molecular weight excluding hydrogens is 322 g/mol. The van der Waals surface area contributed by atoms with Gasteiger partial charge in [-0.25, -0.2) is 4.98 Å². The van der Waals surface area contributed by atoms with Gasteiger partial charge in [0.2, 0.25) is 5.91 Å². The number of aromatic nitrogens is 1. The lowest BCUT2D eigenvalue weighted by Crippen LogP contribution is -2.47. The molecule has 2 rings (SSSR count). The summed E-state index contributed by atoms with van der Waals surface area (Å²) in [7, 11) is 1.64. The second kappa shape index (κ2) is 6.65. The summed E-state index contributed by atoms with van der Waals surface area (Å²) in [5.41, 5.74) is 0.482. The second-order valence-electron chi connectivity index (χ2n) is 5.24. The number of anilines is 1. The van der Waals surface area contributed by atoms with Crippen molar-refractivity contribution in [3.05, 3.63) is 22.3 Å². The van der Waals surface area contributed by atoms with Gasteiger partial charge in [0.05, 0.1) is 12.0 Å². The van der Waals surface area contributed by atoms with E-state index in [4.69, 9.17) is 4.74 Å². The van der Waals surface area contributed by atoms with Crippen LogP contribution in [0.15, 0.2) is 16.7 Å². The Kier molecular flexibility index (Phi) is 5.12. The van der Waals surface area contributed by atoms with Gasteiger partial charge in [-0.05, 0) is 60.4 Å². The molecule has 1 fully saturated rings. The van der Waals surface area contributed by atoms with Gasteiger partial charge in [0.25, 0.3) is 0 Å². The molecule has 1 aliphatic rings. The number of aryl methyl sites for hydroxylation is 1. The van der Waals surface area contributed by atoms with Crippen molar-refractivity contribution in [2.24, 2.45) is 5.41 Å². The molecule has 1 aromatic heterocycles. The van der Waals surface area contributed by atoms with Crippen molar-refractivity contribution in [1.29, 1.82) is 0 Å². The molecule has 20 heavy (non-hydrogen) atoms. The van der Waals surface area contributed by atoms with E-state index in [-0.39, 0.29) is 5.91 Å². The monoisotopic (exact) mass is 341 g/mol. The molecule has 0 saturated carbocycles. The summed E-state index contributed by atoms with van der Waals surface area (Å²) in [6.07, 6.45) is 3.25. The van der Waals surface area contributed by atoms with Crippen LogP contribution < -0.4 is 10.6 Å². The van der Waals surface area contributed by atoms with Crippen LogP contribution in [-0.4, -0.2) is 37.7 Å². The first-order valence-electron chi connectivity index (χ1n) is 6.71. The molecule has 2 heterocycles. The highest BCUT2D eigenvalue weighted by molar-refractivity contribution is 9.10. The first-order valence-corrected chi connectivity index (χ1v) is 7.50. The number of amides is 1. The van der Waals surface area contributed by atoms with Crippen molar-refractivity contribution in [1.82, 2.24) is 10.3 Å². The number of nitrogens with zero attached hydrogens (tertiary/aromatic N) is 1. The van der Waals surface area contributed by atoms with E-state index < -0.39 is 5.41 Å². The number of hydrogen-bond donors (Lipinski definition) is 2. The maximum atomic E-state index is 12.6. The number of pyridine rings is 1. The van der Waals surface area contributed by atoms with Gasteiger partial charge < -0.3 is 15.4 Å². The number of piperidine rings is 1. The van der Waals surface area contributed by atoms with Gasteiger partial charge in [-0.3, -0.25) is 4.79 Å². The topological polar surface area (TPSA) is 63.2 Å². The van der Waals surface area contributed by atoms with Gasteiger partial charge in [0.1, 0.15) is 5.82 Å². The largest absolute Gasteiger partial charge is 0.384 e. The van der Waals surface area contributed by atoms with Crippen LogP contribution in [-0.2, 0) is 9.53 Å². The van der Waals surface area contributed by atoms with Crippen molar-refractivity contribution in [2.45, 2.75) is 19.8 Å². The van der Waals surface area contributed by atoms with E-state index in [2.05, 4.69) is 31.5 Å². The summed E-state index contributed by atoms with van der Waals surface area (Å²) in [6.45, 7) is 4.04. The van der Waals surface area contributed by atoms with Gasteiger partial charge >= 0.3 is 0 Å². The summed E-state index contributed by atoms with van der Waals surface area (Å²) in [5.74, 6) is 0.617. The SMILES string of the molecule is COCC1(C(=O)Nc2ncc(Br)cc2C)CCNCC1. The number of ether oxygens (including phenoxy) is 1.